The summed E-state index contributed by atoms with van der Waals surface area (Å²) in [6.07, 6.45) is -4.70. The smallest absolute Gasteiger partial charge is 0.417 e. The number of carbonyl (C=O) groups is 1. The summed E-state index contributed by atoms with van der Waals surface area (Å²) in [5.41, 5.74) is -1.28. The fourth-order valence-corrected chi connectivity index (χ4v) is 3.61. The summed E-state index contributed by atoms with van der Waals surface area (Å²) in [6.45, 7) is 1.26. The lowest BCUT2D eigenvalue weighted by atomic mass is 10.2. The molecule has 6 nitrogen and oxygen atoms in total. The Morgan fingerprint density at radius 1 is 1.14 bits per heavy atom. The predicted molar refractivity (Wildman–Crippen MR) is 97.9 cm³/mol. The van der Waals surface area contributed by atoms with Crippen molar-refractivity contribution in [3.05, 3.63) is 53.1 Å². The van der Waals surface area contributed by atoms with E-state index in [9.17, 15) is 26.4 Å². The molecule has 2 N–H and O–H groups in total. The van der Waals surface area contributed by atoms with Gasteiger partial charge in [0.05, 0.1) is 28.6 Å². The van der Waals surface area contributed by atoms with Crippen LogP contribution in [0, 0.1) is 0 Å². The first-order valence-corrected chi connectivity index (χ1v) is 9.64. The lowest BCUT2D eigenvalue weighted by Gasteiger charge is -2.16. The summed E-state index contributed by atoms with van der Waals surface area (Å²) in [6, 6.07) is 7.05. The van der Waals surface area contributed by atoms with E-state index in [1.54, 1.807) is 0 Å². The monoisotopic (exact) mass is 436 g/mol. The normalized spacial score (nSPS) is 13.1. The van der Waals surface area contributed by atoms with Gasteiger partial charge < -0.3 is 10.1 Å². The Morgan fingerprint density at radius 2 is 1.75 bits per heavy atom. The Hall–Kier alpha value is -2.30. The molecule has 0 aliphatic rings. The molecule has 0 radical (unpaired) electrons. The summed E-state index contributed by atoms with van der Waals surface area (Å²) in [5.74, 6) is -0.388. The van der Waals surface area contributed by atoms with Crippen molar-refractivity contribution in [1.82, 2.24) is 4.72 Å². The van der Waals surface area contributed by atoms with Gasteiger partial charge in [0.25, 0.3) is 0 Å². The summed E-state index contributed by atoms with van der Waals surface area (Å²) >= 11 is 5.52. The first-order valence-electron chi connectivity index (χ1n) is 7.78. The first kappa shape index (κ1) is 22.0. The van der Waals surface area contributed by atoms with Gasteiger partial charge in [-0.3, -0.25) is 4.79 Å². The Balaban J connectivity index is 2.12. The number of ether oxygens (including phenoxy) is 1. The minimum atomic E-state index is -4.70. The van der Waals surface area contributed by atoms with E-state index in [-0.39, 0.29) is 10.6 Å². The highest BCUT2D eigenvalue weighted by atomic mass is 35.5. The molecule has 0 fully saturated rings. The fourth-order valence-electron chi connectivity index (χ4n) is 2.18. The standard InChI is InChI=1S/C17H16ClF3N2O4S/c1-10(23-28(25,26)13-6-4-12(27-2)5-7-13)16(24)22-11-3-8-15(18)14(9-11)17(19,20)21/h3-10,23H,1-2H3,(H,22,24). The van der Waals surface area contributed by atoms with E-state index in [0.29, 0.717) is 11.8 Å². The highest BCUT2D eigenvalue weighted by Gasteiger charge is 2.33. The van der Waals surface area contributed by atoms with Crippen LogP contribution in [0.15, 0.2) is 47.4 Å². The molecule has 0 heterocycles. The SMILES string of the molecule is COc1ccc(S(=O)(=O)NC(C)C(=O)Nc2ccc(Cl)c(C(F)(F)F)c2)cc1. The number of benzene rings is 2. The molecule has 1 unspecified atom stereocenters. The van der Waals surface area contributed by atoms with Crippen LogP contribution >= 0.6 is 11.6 Å². The molecule has 0 spiro atoms. The molecule has 1 atom stereocenters. The predicted octanol–water partition coefficient (Wildman–Crippen LogP) is 3.67. The van der Waals surface area contributed by atoms with Crippen LogP contribution in [0.1, 0.15) is 12.5 Å². The molecular formula is C17H16ClF3N2O4S. The molecule has 2 rings (SSSR count). The second-order valence-electron chi connectivity index (χ2n) is 5.70. The van der Waals surface area contributed by atoms with E-state index in [4.69, 9.17) is 16.3 Å². The van der Waals surface area contributed by atoms with E-state index in [1.165, 1.54) is 44.4 Å². The second kappa shape index (κ2) is 8.38. The number of halogens is 4. The minimum absolute atomic E-state index is 0.0983. The maximum atomic E-state index is 12.9. The van der Waals surface area contributed by atoms with Crippen LogP contribution in [-0.4, -0.2) is 27.5 Å². The largest absolute Gasteiger partial charge is 0.497 e. The van der Waals surface area contributed by atoms with Crippen LogP contribution in [-0.2, 0) is 21.0 Å². The topological polar surface area (TPSA) is 84.5 Å². The van der Waals surface area contributed by atoms with E-state index in [2.05, 4.69) is 10.0 Å². The lowest BCUT2D eigenvalue weighted by Crippen LogP contribution is -2.41. The summed E-state index contributed by atoms with van der Waals surface area (Å²) < 4.78 is 70.4. The van der Waals surface area contributed by atoms with Gasteiger partial charge in [0.15, 0.2) is 0 Å². The van der Waals surface area contributed by atoms with E-state index < -0.39 is 38.7 Å². The number of nitrogens with one attached hydrogen (secondary N) is 2. The van der Waals surface area contributed by atoms with Crippen LogP contribution in [0.2, 0.25) is 5.02 Å². The Morgan fingerprint density at radius 3 is 2.29 bits per heavy atom. The molecule has 0 saturated carbocycles. The number of rotatable bonds is 6. The van der Waals surface area contributed by atoms with Gasteiger partial charge in [-0.2, -0.15) is 17.9 Å². The summed E-state index contributed by atoms with van der Waals surface area (Å²) in [4.78, 5) is 12.1. The van der Waals surface area contributed by atoms with Crippen molar-refractivity contribution in [1.29, 1.82) is 0 Å². The van der Waals surface area contributed by atoms with Crippen molar-refractivity contribution in [2.75, 3.05) is 12.4 Å². The van der Waals surface area contributed by atoms with Gasteiger partial charge in [0.2, 0.25) is 15.9 Å². The molecule has 0 aliphatic heterocycles. The average Bonchev–Trinajstić information content (AvgIpc) is 2.62. The number of hydrogen-bond acceptors (Lipinski definition) is 4. The first-order chi connectivity index (χ1) is 12.9. The van der Waals surface area contributed by atoms with Crippen molar-refractivity contribution in [3.8, 4) is 5.75 Å². The highest BCUT2D eigenvalue weighted by molar-refractivity contribution is 7.89. The van der Waals surface area contributed by atoms with Gasteiger partial charge in [-0.1, -0.05) is 11.6 Å². The second-order valence-corrected chi connectivity index (χ2v) is 7.82. The van der Waals surface area contributed by atoms with Crippen LogP contribution < -0.4 is 14.8 Å². The molecule has 1 amide bonds. The van der Waals surface area contributed by atoms with Crippen LogP contribution in [0.3, 0.4) is 0 Å². The molecule has 0 aliphatic carbocycles. The van der Waals surface area contributed by atoms with Gasteiger partial charge in [-0.15, -0.1) is 0 Å². The lowest BCUT2D eigenvalue weighted by molar-refractivity contribution is -0.137. The molecule has 0 aromatic heterocycles. The fraction of sp³-hybridized carbons (Fsp3) is 0.235. The molecular weight excluding hydrogens is 421 g/mol. The summed E-state index contributed by atoms with van der Waals surface area (Å²) in [5, 5.41) is 1.71. The zero-order valence-corrected chi connectivity index (χ0v) is 16.2. The Labute approximate surface area is 164 Å². The maximum absolute atomic E-state index is 12.9. The maximum Gasteiger partial charge on any atom is 0.417 e. The number of sulfonamides is 1. The van der Waals surface area contributed by atoms with Crippen molar-refractivity contribution in [3.63, 3.8) is 0 Å². The third-order valence-electron chi connectivity index (χ3n) is 3.63. The molecule has 2 aromatic rings. The van der Waals surface area contributed by atoms with Crippen molar-refractivity contribution in [2.24, 2.45) is 0 Å². The zero-order chi connectivity index (χ0) is 21.1. The van der Waals surface area contributed by atoms with E-state index in [1.807, 2.05) is 0 Å². The zero-order valence-electron chi connectivity index (χ0n) is 14.7. The molecule has 152 valence electrons. The third-order valence-corrected chi connectivity index (χ3v) is 5.52. The number of amides is 1. The van der Waals surface area contributed by atoms with Gasteiger partial charge in [-0.25, -0.2) is 8.42 Å². The number of hydrogen-bond donors (Lipinski definition) is 2. The molecule has 0 bridgehead atoms. The molecule has 11 heteroatoms. The molecule has 2 aromatic carbocycles. The number of anilines is 1. The highest BCUT2D eigenvalue weighted by Crippen LogP contribution is 2.36. The third kappa shape index (κ3) is 5.37. The van der Waals surface area contributed by atoms with Gasteiger partial charge in [0, 0.05) is 5.69 Å². The number of carbonyl (C=O) groups excluding carboxylic acids is 1. The number of methoxy groups -OCH3 is 1. The van der Waals surface area contributed by atoms with E-state index >= 15 is 0 Å². The van der Waals surface area contributed by atoms with Crippen LogP contribution in [0.5, 0.6) is 5.75 Å². The Bertz CT molecular complexity index is 963. The van der Waals surface area contributed by atoms with Gasteiger partial charge in [-0.05, 0) is 49.4 Å². The minimum Gasteiger partial charge on any atom is -0.497 e. The van der Waals surface area contributed by atoms with E-state index in [0.717, 1.165) is 6.07 Å². The van der Waals surface area contributed by atoms with Crippen molar-refractivity contribution in [2.45, 2.75) is 24.0 Å². The molecule has 0 saturated heterocycles. The Kier molecular flexibility index (Phi) is 6.58. The van der Waals surface area contributed by atoms with Gasteiger partial charge in [0.1, 0.15) is 5.75 Å². The van der Waals surface area contributed by atoms with Crippen molar-refractivity contribution < 1.29 is 31.1 Å². The van der Waals surface area contributed by atoms with Crippen molar-refractivity contribution >= 4 is 33.2 Å². The van der Waals surface area contributed by atoms with Crippen LogP contribution in [0.4, 0.5) is 18.9 Å². The summed E-state index contributed by atoms with van der Waals surface area (Å²) in [7, 11) is -2.60. The average molecular weight is 437 g/mol. The van der Waals surface area contributed by atoms with Gasteiger partial charge >= 0.3 is 6.18 Å². The number of alkyl halides is 3. The van der Waals surface area contributed by atoms with Crippen LogP contribution in [0.25, 0.3) is 0 Å². The quantitative estimate of drug-likeness (QED) is 0.723. The molecule has 28 heavy (non-hydrogen) atoms.